The maximum absolute atomic E-state index is 5.95. The number of benzene rings is 1. The Kier molecular flexibility index (Phi) is 7.35. The van der Waals surface area contributed by atoms with E-state index in [4.69, 9.17) is 14.2 Å². The Morgan fingerprint density at radius 1 is 1.30 bits per heavy atom. The van der Waals surface area contributed by atoms with Gasteiger partial charge in [-0.05, 0) is 36.5 Å². The molecule has 0 saturated carbocycles. The molecule has 1 N–H and O–H groups in total. The van der Waals surface area contributed by atoms with E-state index in [1.807, 2.05) is 19.2 Å². The molecule has 150 valence electrons. The van der Waals surface area contributed by atoms with Crippen molar-refractivity contribution >= 4 is 5.96 Å². The van der Waals surface area contributed by atoms with Crippen molar-refractivity contribution in [1.82, 2.24) is 10.2 Å². The van der Waals surface area contributed by atoms with Crippen LogP contribution in [0.25, 0.3) is 0 Å². The van der Waals surface area contributed by atoms with Crippen LogP contribution in [0.15, 0.2) is 29.3 Å². The van der Waals surface area contributed by atoms with E-state index in [1.54, 1.807) is 0 Å². The normalized spacial score (nSPS) is 23.7. The summed E-state index contributed by atoms with van der Waals surface area (Å²) in [6.07, 6.45) is 2.58. The molecule has 0 radical (unpaired) electrons. The van der Waals surface area contributed by atoms with Gasteiger partial charge in [-0.25, -0.2) is 0 Å². The number of hydrogen-bond donors (Lipinski definition) is 1. The van der Waals surface area contributed by atoms with E-state index in [0.29, 0.717) is 19.1 Å². The van der Waals surface area contributed by atoms with E-state index in [1.165, 1.54) is 5.56 Å². The maximum atomic E-state index is 5.95. The van der Waals surface area contributed by atoms with Crippen LogP contribution in [0.1, 0.15) is 32.3 Å². The summed E-state index contributed by atoms with van der Waals surface area (Å²) in [6.45, 7) is 8.99. The lowest BCUT2D eigenvalue weighted by Gasteiger charge is -2.37. The van der Waals surface area contributed by atoms with Gasteiger partial charge in [0.1, 0.15) is 11.9 Å². The lowest BCUT2D eigenvalue weighted by Crippen LogP contribution is -2.53. The zero-order chi connectivity index (χ0) is 19.1. The van der Waals surface area contributed by atoms with Crippen LogP contribution < -0.4 is 10.1 Å². The summed E-state index contributed by atoms with van der Waals surface area (Å²) in [4.78, 5) is 6.75. The Balaban J connectivity index is 1.53. The average Bonchev–Trinajstić information content (AvgIpc) is 3.22. The zero-order valence-corrected chi connectivity index (χ0v) is 16.8. The second-order valence-electron chi connectivity index (χ2n) is 7.66. The topological polar surface area (TPSA) is 55.3 Å². The molecular formula is C21H33N3O3. The minimum Gasteiger partial charge on any atom is -0.493 e. The van der Waals surface area contributed by atoms with Crippen LogP contribution in [-0.2, 0) is 16.0 Å². The Morgan fingerprint density at radius 2 is 2.15 bits per heavy atom. The number of rotatable bonds is 6. The van der Waals surface area contributed by atoms with E-state index in [0.717, 1.165) is 50.9 Å². The van der Waals surface area contributed by atoms with Crippen molar-refractivity contribution in [3.05, 3.63) is 29.8 Å². The Bertz CT molecular complexity index is 614. The minimum atomic E-state index is 0.132. The highest BCUT2D eigenvalue weighted by atomic mass is 16.5. The van der Waals surface area contributed by atoms with Gasteiger partial charge in [0.2, 0.25) is 0 Å². The van der Waals surface area contributed by atoms with Gasteiger partial charge in [0.05, 0.1) is 19.3 Å². The van der Waals surface area contributed by atoms with Crippen molar-refractivity contribution in [3.63, 3.8) is 0 Å². The first-order valence-electron chi connectivity index (χ1n) is 10.1. The molecule has 0 amide bonds. The summed E-state index contributed by atoms with van der Waals surface area (Å²) in [6, 6.07) is 8.25. The largest absolute Gasteiger partial charge is 0.493 e. The third kappa shape index (κ3) is 5.84. The van der Waals surface area contributed by atoms with Gasteiger partial charge in [-0.3, -0.25) is 4.99 Å². The quantitative estimate of drug-likeness (QED) is 0.612. The van der Waals surface area contributed by atoms with E-state index >= 15 is 0 Å². The fraction of sp³-hybridized carbons (Fsp3) is 0.667. The number of hydrogen-bond acceptors (Lipinski definition) is 4. The predicted molar refractivity (Wildman–Crippen MR) is 107 cm³/mol. The van der Waals surface area contributed by atoms with Crippen LogP contribution in [0.5, 0.6) is 5.75 Å². The molecular weight excluding hydrogens is 342 g/mol. The Labute approximate surface area is 162 Å². The first kappa shape index (κ1) is 20.0. The van der Waals surface area contributed by atoms with Gasteiger partial charge in [-0.2, -0.15) is 0 Å². The summed E-state index contributed by atoms with van der Waals surface area (Å²) in [5, 5.41) is 3.48. The van der Waals surface area contributed by atoms with Crippen LogP contribution in [0, 0.1) is 5.92 Å². The predicted octanol–water partition coefficient (Wildman–Crippen LogP) is 2.68. The fourth-order valence-corrected chi connectivity index (χ4v) is 3.51. The molecule has 2 fully saturated rings. The molecule has 2 aliphatic heterocycles. The average molecular weight is 376 g/mol. The SMILES string of the molecule is CN=C(NCc1cccc(OCC(C)C)c1)N1CCOC(C2CCCO2)C1. The van der Waals surface area contributed by atoms with Gasteiger partial charge in [-0.15, -0.1) is 0 Å². The number of aliphatic imine (C=N–C) groups is 1. The van der Waals surface area contributed by atoms with Gasteiger partial charge in [0.25, 0.3) is 0 Å². The lowest BCUT2D eigenvalue weighted by molar-refractivity contribution is -0.0817. The first-order chi connectivity index (χ1) is 13.2. The molecule has 2 aliphatic rings. The second kappa shape index (κ2) is 9.95. The molecule has 2 atom stereocenters. The van der Waals surface area contributed by atoms with Crippen molar-refractivity contribution in [2.45, 2.75) is 45.4 Å². The first-order valence-corrected chi connectivity index (χ1v) is 10.1. The smallest absolute Gasteiger partial charge is 0.194 e. The molecule has 27 heavy (non-hydrogen) atoms. The van der Waals surface area contributed by atoms with Crippen molar-refractivity contribution < 1.29 is 14.2 Å². The molecule has 6 heteroatoms. The highest BCUT2D eigenvalue weighted by Gasteiger charge is 2.32. The molecule has 2 saturated heterocycles. The number of nitrogens with zero attached hydrogens (tertiary/aromatic N) is 2. The number of nitrogens with one attached hydrogen (secondary N) is 1. The molecule has 0 aliphatic carbocycles. The molecule has 3 rings (SSSR count). The van der Waals surface area contributed by atoms with E-state index in [9.17, 15) is 0 Å². The molecule has 6 nitrogen and oxygen atoms in total. The zero-order valence-electron chi connectivity index (χ0n) is 16.8. The maximum Gasteiger partial charge on any atom is 0.194 e. The Morgan fingerprint density at radius 3 is 2.89 bits per heavy atom. The Hall–Kier alpha value is -1.79. The summed E-state index contributed by atoms with van der Waals surface area (Å²) in [7, 11) is 1.83. The van der Waals surface area contributed by atoms with Gasteiger partial charge < -0.3 is 24.4 Å². The summed E-state index contributed by atoms with van der Waals surface area (Å²) < 4.78 is 17.6. The number of ether oxygens (including phenoxy) is 3. The standard InChI is InChI=1S/C21H33N3O3/c1-16(2)15-27-18-7-4-6-17(12-18)13-23-21(22-3)24-9-11-26-20(14-24)19-8-5-10-25-19/h4,6-7,12,16,19-20H,5,8-11,13-15H2,1-3H3,(H,22,23). The van der Waals surface area contributed by atoms with Crippen LogP contribution in [0.2, 0.25) is 0 Å². The highest BCUT2D eigenvalue weighted by molar-refractivity contribution is 5.80. The third-order valence-corrected chi connectivity index (χ3v) is 4.92. The molecule has 0 spiro atoms. The lowest BCUT2D eigenvalue weighted by atomic mass is 10.1. The fourth-order valence-electron chi connectivity index (χ4n) is 3.51. The van der Waals surface area contributed by atoms with Crippen LogP contribution >= 0.6 is 0 Å². The van der Waals surface area contributed by atoms with Crippen LogP contribution in [0.3, 0.4) is 0 Å². The van der Waals surface area contributed by atoms with Gasteiger partial charge in [0, 0.05) is 33.3 Å². The molecule has 1 aromatic rings. The van der Waals surface area contributed by atoms with Gasteiger partial charge in [-0.1, -0.05) is 26.0 Å². The van der Waals surface area contributed by atoms with Crippen molar-refractivity contribution in [3.8, 4) is 5.75 Å². The second-order valence-corrected chi connectivity index (χ2v) is 7.66. The van der Waals surface area contributed by atoms with E-state index < -0.39 is 0 Å². The molecule has 2 unspecified atom stereocenters. The van der Waals surface area contributed by atoms with Crippen molar-refractivity contribution in [2.75, 3.05) is 40.0 Å². The van der Waals surface area contributed by atoms with Crippen LogP contribution in [0.4, 0.5) is 0 Å². The van der Waals surface area contributed by atoms with Crippen molar-refractivity contribution in [2.24, 2.45) is 10.9 Å². The molecule has 1 aromatic carbocycles. The molecule has 2 heterocycles. The van der Waals surface area contributed by atoms with Crippen molar-refractivity contribution in [1.29, 1.82) is 0 Å². The summed E-state index contributed by atoms with van der Waals surface area (Å²) in [5.41, 5.74) is 1.18. The third-order valence-electron chi connectivity index (χ3n) is 4.92. The highest BCUT2D eigenvalue weighted by Crippen LogP contribution is 2.21. The minimum absolute atomic E-state index is 0.132. The molecule has 0 aromatic heterocycles. The summed E-state index contributed by atoms with van der Waals surface area (Å²) in [5.74, 6) is 2.35. The number of guanidine groups is 1. The summed E-state index contributed by atoms with van der Waals surface area (Å²) >= 11 is 0. The number of morpholine rings is 1. The molecule has 0 bridgehead atoms. The van der Waals surface area contributed by atoms with Gasteiger partial charge in [0.15, 0.2) is 5.96 Å². The van der Waals surface area contributed by atoms with Gasteiger partial charge >= 0.3 is 0 Å². The monoisotopic (exact) mass is 375 g/mol. The van der Waals surface area contributed by atoms with E-state index in [-0.39, 0.29) is 12.2 Å². The van der Waals surface area contributed by atoms with E-state index in [2.05, 4.69) is 41.2 Å². The van der Waals surface area contributed by atoms with Crippen LogP contribution in [-0.4, -0.2) is 63.0 Å².